The third kappa shape index (κ3) is 4.20. The number of thiophene rings is 1. The molecule has 1 aromatic carbocycles. The summed E-state index contributed by atoms with van der Waals surface area (Å²) < 4.78 is 1.69. The summed E-state index contributed by atoms with van der Waals surface area (Å²) in [6.45, 7) is 2.11. The number of rotatable bonds is 4. The number of halogens is 1. The first-order valence-corrected chi connectivity index (χ1v) is 12.7. The highest BCUT2D eigenvalue weighted by atomic mass is 35.5. The maximum absolute atomic E-state index is 13.8. The van der Waals surface area contributed by atoms with Gasteiger partial charge in [-0.2, -0.15) is 5.10 Å². The normalized spacial score (nSPS) is 21.5. The Morgan fingerprint density at radius 1 is 1.15 bits per heavy atom. The van der Waals surface area contributed by atoms with E-state index in [9.17, 15) is 9.59 Å². The third-order valence-corrected chi connectivity index (χ3v) is 7.84. The number of fused-ring (bicyclic) bond motifs is 1. The standard InChI is InChI=1S/C25H27ClN4O2S/c1-25(24(32)27-18-7-4-2-3-5-8-18)16-29-21(15-20(28-29)22-9-6-14-33-22)23(31)30(25)19-12-10-17(26)11-13-19/h6,9-15,18H,2-5,7-8,16H2,1H3,(H,27,32)/t25-/m0/s1. The number of aromatic nitrogens is 2. The van der Waals surface area contributed by atoms with Gasteiger partial charge >= 0.3 is 0 Å². The van der Waals surface area contributed by atoms with Gasteiger partial charge in [-0.3, -0.25) is 19.2 Å². The quantitative estimate of drug-likeness (QED) is 0.497. The van der Waals surface area contributed by atoms with Crippen molar-refractivity contribution < 1.29 is 9.59 Å². The molecule has 5 rings (SSSR count). The van der Waals surface area contributed by atoms with Gasteiger partial charge in [-0.25, -0.2) is 0 Å². The zero-order valence-corrected chi connectivity index (χ0v) is 20.2. The second-order valence-corrected chi connectivity index (χ2v) is 10.5. The van der Waals surface area contributed by atoms with Gasteiger partial charge in [-0.1, -0.05) is 43.4 Å². The number of nitrogens with one attached hydrogen (secondary N) is 1. The van der Waals surface area contributed by atoms with E-state index < -0.39 is 5.54 Å². The lowest BCUT2D eigenvalue weighted by molar-refractivity contribution is -0.127. The average molecular weight is 483 g/mol. The van der Waals surface area contributed by atoms with Crippen LogP contribution in [-0.2, 0) is 11.3 Å². The Hall–Kier alpha value is -2.64. The van der Waals surface area contributed by atoms with Crippen LogP contribution in [0.2, 0.25) is 5.02 Å². The molecule has 2 aliphatic rings. The van der Waals surface area contributed by atoms with Crippen molar-refractivity contribution in [3.05, 3.63) is 58.6 Å². The van der Waals surface area contributed by atoms with Gasteiger partial charge < -0.3 is 5.32 Å². The van der Waals surface area contributed by atoms with Crippen LogP contribution >= 0.6 is 22.9 Å². The maximum atomic E-state index is 13.8. The van der Waals surface area contributed by atoms with Gasteiger partial charge in [0.05, 0.1) is 11.4 Å². The summed E-state index contributed by atoms with van der Waals surface area (Å²) in [5.41, 5.74) is 0.752. The van der Waals surface area contributed by atoms with E-state index in [1.54, 1.807) is 45.2 Å². The molecular formula is C25H27ClN4O2S. The number of hydrogen-bond donors (Lipinski definition) is 1. The predicted molar refractivity (Wildman–Crippen MR) is 132 cm³/mol. The molecule has 2 aromatic heterocycles. The summed E-state index contributed by atoms with van der Waals surface area (Å²) in [5, 5.41) is 10.5. The molecule has 1 N–H and O–H groups in total. The minimum absolute atomic E-state index is 0.139. The molecule has 1 aliphatic carbocycles. The van der Waals surface area contributed by atoms with E-state index in [2.05, 4.69) is 5.32 Å². The van der Waals surface area contributed by atoms with Crippen molar-refractivity contribution in [3.63, 3.8) is 0 Å². The van der Waals surface area contributed by atoms with Crippen LogP contribution in [0.5, 0.6) is 0 Å². The summed E-state index contributed by atoms with van der Waals surface area (Å²) in [4.78, 5) is 30.2. The van der Waals surface area contributed by atoms with E-state index in [1.807, 2.05) is 30.5 Å². The zero-order chi connectivity index (χ0) is 23.0. The van der Waals surface area contributed by atoms with Crippen LogP contribution in [0.4, 0.5) is 5.69 Å². The van der Waals surface area contributed by atoms with Gasteiger partial charge in [-0.05, 0) is 61.5 Å². The maximum Gasteiger partial charge on any atom is 0.277 e. The molecule has 1 fully saturated rings. The Kier molecular flexibility index (Phi) is 6.01. The molecule has 6 nitrogen and oxygen atoms in total. The summed E-state index contributed by atoms with van der Waals surface area (Å²) in [7, 11) is 0. The molecule has 0 radical (unpaired) electrons. The van der Waals surface area contributed by atoms with Gasteiger partial charge in [-0.15, -0.1) is 11.3 Å². The Morgan fingerprint density at radius 3 is 2.55 bits per heavy atom. The average Bonchev–Trinajstić information content (AvgIpc) is 3.40. The van der Waals surface area contributed by atoms with Crippen LogP contribution < -0.4 is 10.2 Å². The summed E-state index contributed by atoms with van der Waals surface area (Å²) in [6, 6.07) is 13.0. The van der Waals surface area contributed by atoms with Crippen molar-refractivity contribution in [1.82, 2.24) is 15.1 Å². The number of nitrogens with zero attached hydrogens (tertiary/aromatic N) is 3. The van der Waals surface area contributed by atoms with Crippen LogP contribution in [0.1, 0.15) is 55.9 Å². The van der Waals surface area contributed by atoms with Gasteiger partial charge in [0.15, 0.2) is 0 Å². The number of hydrogen-bond acceptors (Lipinski definition) is 4. The second kappa shape index (κ2) is 8.95. The fourth-order valence-corrected chi connectivity index (χ4v) is 5.69. The molecule has 2 amide bonds. The second-order valence-electron chi connectivity index (χ2n) is 9.10. The van der Waals surface area contributed by atoms with Crippen molar-refractivity contribution in [2.45, 2.75) is 63.6 Å². The van der Waals surface area contributed by atoms with Crippen LogP contribution in [0, 0.1) is 0 Å². The number of carbonyl (C=O) groups excluding carboxylic acids is 2. The molecule has 1 saturated carbocycles. The smallest absolute Gasteiger partial charge is 0.277 e. The van der Waals surface area contributed by atoms with Crippen LogP contribution in [0.15, 0.2) is 47.8 Å². The van der Waals surface area contributed by atoms with E-state index in [1.165, 1.54) is 12.8 Å². The molecule has 0 saturated heterocycles. The highest BCUT2D eigenvalue weighted by Crippen LogP contribution is 2.35. The fourth-order valence-electron chi connectivity index (χ4n) is 4.89. The Bertz CT molecular complexity index is 1150. The molecule has 33 heavy (non-hydrogen) atoms. The first-order chi connectivity index (χ1) is 16.0. The summed E-state index contributed by atoms with van der Waals surface area (Å²) >= 11 is 7.69. The summed E-state index contributed by atoms with van der Waals surface area (Å²) in [5.74, 6) is -0.381. The third-order valence-electron chi connectivity index (χ3n) is 6.69. The molecule has 0 bridgehead atoms. The van der Waals surface area contributed by atoms with Gasteiger partial charge in [0, 0.05) is 16.8 Å². The van der Waals surface area contributed by atoms with E-state index in [0.717, 1.165) is 36.3 Å². The van der Waals surface area contributed by atoms with Crippen molar-refractivity contribution >= 4 is 40.4 Å². The highest BCUT2D eigenvalue weighted by Gasteiger charge is 2.49. The van der Waals surface area contributed by atoms with Crippen LogP contribution in [0.25, 0.3) is 10.6 Å². The largest absolute Gasteiger partial charge is 0.351 e. The molecule has 8 heteroatoms. The van der Waals surface area contributed by atoms with Gasteiger partial charge in [0.2, 0.25) is 5.91 Å². The van der Waals surface area contributed by atoms with Gasteiger partial charge in [0.25, 0.3) is 5.91 Å². The molecule has 0 unspecified atom stereocenters. The molecule has 1 atom stereocenters. The minimum Gasteiger partial charge on any atom is -0.351 e. The van der Waals surface area contributed by atoms with Crippen molar-refractivity contribution in [2.24, 2.45) is 0 Å². The van der Waals surface area contributed by atoms with Crippen molar-refractivity contribution in [1.29, 1.82) is 0 Å². The van der Waals surface area contributed by atoms with E-state index in [0.29, 0.717) is 16.4 Å². The molecule has 3 aromatic rings. The number of benzene rings is 1. The Labute approximate surface area is 202 Å². The van der Waals surface area contributed by atoms with Crippen LogP contribution in [-0.4, -0.2) is 33.2 Å². The Balaban J connectivity index is 1.54. The molecule has 1 aliphatic heterocycles. The molecule has 0 spiro atoms. The Morgan fingerprint density at radius 2 is 1.88 bits per heavy atom. The molecular weight excluding hydrogens is 456 g/mol. The molecule has 172 valence electrons. The monoisotopic (exact) mass is 482 g/mol. The minimum atomic E-state index is -1.12. The highest BCUT2D eigenvalue weighted by molar-refractivity contribution is 7.13. The zero-order valence-electron chi connectivity index (χ0n) is 18.6. The van der Waals surface area contributed by atoms with Crippen LogP contribution in [0.3, 0.4) is 0 Å². The lowest BCUT2D eigenvalue weighted by atomic mass is 9.93. The van der Waals surface area contributed by atoms with Crippen molar-refractivity contribution in [2.75, 3.05) is 4.90 Å². The SMILES string of the molecule is C[C@@]1(C(=O)NC2CCCCCC2)Cn2nc(-c3cccs3)cc2C(=O)N1c1ccc(Cl)cc1. The number of carbonyl (C=O) groups is 2. The van der Waals surface area contributed by atoms with E-state index in [-0.39, 0.29) is 24.4 Å². The lowest BCUT2D eigenvalue weighted by Crippen LogP contribution is -2.65. The van der Waals surface area contributed by atoms with E-state index in [4.69, 9.17) is 16.7 Å². The first-order valence-electron chi connectivity index (χ1n) is 11.5. The summed E-state index contributed by atoms with van der Waals surface area (Å²) in [6.07, 6.45) is 6.62. The predicted octanol–water partition coefficient (Wildman–Crippen LogP) is 5.52. The van der Waals surface area contributed by atoms with Gasteiger partial charge in [0.1, 0.15) is 16.9 Å². The number of amides is 2. The fraction of sp³-hybridized carbons (Fsp3) is 0.400. The topological polar surface area (TPSA) is 67.2 Å². The molecule has 3 heterocycles. The number of anilines is 1. The first kappa shape index (κ1) is 22.2. The van der Waals surface area contributed by atoms with E-state index >= 15 is 0 Å². The van der Waals surface area contributed by atoms with Crippen molar-refractivity contribution in [3.8, 4) is 10.6 Å². The lowest BCUT2D eigenvalue weighted by Gasteiger charge is -2.43.